The Kier molecular flexibility index (Phi) is 6.08. The number of carbonyl (C=O) groups excluding carboxylic acids is 2. The summed E-state index contributed by atoms with van der Waals surface area (Å²) in [6.07, 6.45) is -1.23. The molecule has 0 fully saturated rings. The monoisotopic (exact) mass is 327 g/mol. The van der Waals surface area contributed by atoms with Crippen LogP contribution in [0.5, 0.6) is 0 Å². The number of hydrogen-bond donors (Lipinski definition) is 2. The fourth-order valence-electron chi connectivity index (χ4n) is 2.03. The maximum atomic E-state index is 12.1. The summed E-state index contributed by atoms with van der Waals surface area (Å²) in [5.74, 6) is -1.66. The summed E-state index contributed by atoms with van der Waals surface area (Å²) in [5, 5.41) is 11.4. The molecule has 6 nitrogen and oxygen atoms in total. The van der Waals surface area contributed by atoms with Crippen molar-refractivity contribution in [3.05, 3.63) is 71.8 Å². The van der Waals surface area contributed by atoms with Crippen molar-refractivity contribution >= 4 is 17.8 Å². The number of ether oxygens (including phenoxy) is 1. The number of Topliss-reactive ketones (excluding diaryl/α,β-unsaturated/α-hetero) is 1. The summed E-state index contributed by atoms with van der Waals surface area (Å²) in [6.45, 7) is 0.0195. The molecule has 1 unspecified atom stereocenters. The highest BCUT2D eigenvalue weighted by Gasteiger charge is 2.24. The summed E-state index contributed by atoms with van der Waals surface area (Å²) in [4.78, 5) is 35.1. The molecule has 6 heteroatoms. The Balaban J connectivity index is 1.89. The number of aliphatic carboxylic acids is 1. The molecule has 24 heavy (non-hydrogen) atoms. The number of alkyl carbamates (subject to hydrolysis) is 1. The van der Waals surface area contributed by atoms with Crippen molar-refractivity contribution in [1.82, 2.24) is 5.32 Å². The normalized spacial score (nSPS) is 11.3. The topological polar surface area (TPSA) is 92.7 Å². The van der Waals surface area contributed by atoms with Gasteiger partial charge in [-0.05, 0) is 5.56 Å². The third-order valence-electron chi connectivity index (χ3n) is 3.29. The smallest absolute Gasteiger partial charge is 0.408 e. The minimum atomic E-state index is -1.35. The van der Waals surface area contributed by atoms with Gasteiger partial charge >= 0.3 is 12.1 Å². The Labute approximate surface area is 139 Å². The largest absolute Gasteiger partial charge is 0.480 e. The molecule has 0 bridgehead atoms. The number of benzene rings is 2. The van der Waals surface area contributed by atoms with Crippen molar-refractivity contribution in [2.45, 2.75) is 19.1 Å². The number of carboxylic acid groups (broad SMARTS) is 1. The van der Waals surface area contributed by atoms with Crippen molar-refractivity contribution in [2.75, 3.05) is 0 Å². The van der Waals surface area contributed by atoms with Crippen LogP contribution in [0.25, 0.3) is 0 Å². The van der Waals surface area contributed by atoms with E-state index in [1.54, 1.807) is 54.6 Å². The SMILES string of the molecule is O=C(NC(CC(=O)c1ccccc1)C(=O)O)OCc1ccccc1. The van der Waals surface area contributed by atoms with Gasteiger partial charge in [0.1, 0.15) is 12.6 Å². The molecule has 124 valence electrons. The van der Waals surface area contributed by atoms with Gasteiger partial charge in [-0.2, -0.15) is 0 Å². The molecule has 2 aromatic carbocycles. The Morgan fingerprint density at radius 3 is 2.12 bits per heavy atom. The number of ketones is 1. The van der Waals surface area contributed by atoms with E-state index >= 15 is 0 Å². The van der Waals surface area contributed by atoms with Gasteiger partial charge in [0, 0.05) is 12.0 Å². The van der Waals surface area contributed by atoms with Crippen LogP contribution in [0.4, 0.5) is 4.79 Å². The average Bonchev–Trinajstić information content (AvgIpc) is 2.61. The van der Waals surface area contributed by atoms with E-state index in [2.05, 4.69) is 5.32 Å². The van der Waals surface area contributed by atoms with Gasteiger partial charge in [0.15, 0.2) is 5.78 Å². The third kappa shape index (κ3) is 5.24. The molecule has 0 spiro atoms. The van der Waals surface area contributed by atoms with Crippen molar-refractivity contribution in [3.63, 3.8) is 0 Å². The standard InChI is InChI=1S/C18H17NO5/c20-16(14-9-5-2-6-10-14)11-15(17(21)22)19-18(23)24-12-13-7-3-1-4-8-13/h1-10,15H,11-12H2,(H,19,23)(H,21,22). The quantitative estimate of drug-likeness (QED) is 0.763. The van der Waals surface area contributed by atoms with Gasteiger partial charge in [-0.1, -0.05) is 60.7 Å². The number of nitrogens with one attached hydrogen (secondary N) is 1. The lowest BCUT2D eigenvalue weighted by Gasteiger charge is -2.14. The molecule has 0 radical (unpaired) electrons. The van der Waals surface area contributed by atoms with Crippen LogP contribution in [0.3, 0.4) is 0 Å². The van der Waals surface area contributed by atoms with Gasteiger partial charge in [0.05, 0.1) is 0 Å². The zero-order chi connectivity index (χ0) is 17.4. The van der Waals surface area contributed by atoms with E-state index < -0.39 is 18.1 Å². The first-order valence-corrected chi connectivity index (χ1v) is 7.34. The predicted molar refractivity (Wildman–Crippen MR) is 86.6 cm³/mol. The summed E-state index contributed by atoms with van der Waals surface area (Å²) in [6, 6.07) is 16.0. The summed E-state index contributed by atoms with van der Waals surface area (Å²) < 4.78 is 4.97. The van der Waals surface area contributed by atoms with Gasteiger partial charge in [-0.3, -0.25) is 4.79 Å². The fourth-order valence-corrected chi connectivity index (χ4v) is 2.03. The van der Waals surface area contributed by atoms with Crippen LogP contribution in [0, 0.1) is 0 Å². The number of hydrogen-bond acceptors (Lipinski definition) is 4. The lowest BCUT2D eigenvalue weighted by Crippen LogP contribution is -2.42. The van der Waals surface area contributed by atoms with Crippen LogP contribution < -0.4 is 5.32 Å². The van der Waals surface area contributed by atoms with Crippen LogP contribution in [0.1, 0.15) is 22.3 Å². The highest BCUT2D eigenvalue weighted by Crippen LogP contribution is 2.07. The second-order valence-electron chi connectivity index (χ2n) is 5.09. The minimum Gasteiger partial charge on any atom is -0.480 e. The van der Waals surface area contributed by atoms with Gasteiger partial charge in [0.25, 0.3) is 0 Å². The molecule has 2 rings (SSSR count). The number of carboxylic acids is 1. The second-order valence-corrected chi connectivity index (χ2v) is 5.09. The Morgan fingerprint density at radius 1 is 0.958 bits per heavy atom. The highest BCUT2D eigenvalue weighted by atomic mass is 16.5. The van der Waals surface area contributed by atoms with Gasteiger partial charge < -0.3 is 15.2 Å². The Morgan fingerprint density at radius 2 is 1.54 bits per heavy atom. The molecule has 0 heterocycles. The van der Waals surface area contributed by atoms with Gasteiger partial charge in [-0.15, -0.1) is 0 Å². The number of amides is 1. The van der Waals surface area contributed by atoms with Crippen LogP contribution in [-0.4, -0.2) is 29.0 Å². The van der Waals surface area contributed by atoms with Crippen LogP contribution in [0.15, 0.2) is 60.7 Å². The van der Waals surface area contributed by atoms with E-state index in [-0.39, 0.29) is 18.8 Å². The average molecular weight is 327 g/mol. The number of rotatable bonds is 7. The number of carbonyl (C=O) groups is 3. The lowest BCUT2D eigenvalue weighted by molar-refractivity contribution is -0.139. The highest BCUT2D eigenvalue weighted by molar-refractivity contribution is 5.99. The van der Waals surface area contributed by atoms with Gasteiger partial charge in [-0.25, -0.2) is 9.59 Å². The Bertz CT molecular complexity index is 700. The van der Waals surface area contributed by atoms with Crippen molar-refractivity contribution < 1.29 is 24.2 Å². The van der Waals surface area contributed by atoms with Crippen molar-refractivity contribution in [1.29, 1.82) is 0 Å². The molecular formula is C18H17NO5. The maximum Gasteiger partial charge on any atom is 0.408 e. The lowest BCUT2D eigenvalue weighted by atomic mass is 10.0. The van der Waals surface area contributed by atoms with E-state index in [4.69, 9.17) is 4.74 Å². The van der Waals surface area contributed by atoms with Crippen LogP contribution >= 0.6 is 0 Å². The molecular weight excluding hydrogens is 310 g/mol. The molecule has 0 aromatic heterocycles. The molecule has 2 aromatic rings. The van der Waals surface area contributed by atoms with Crippen molar-refractivity contribution in [2.24, 2.45) is 0 Å². The first kappa shape index (κ1) is 17.2. The predicted octanol–water partition coefficient (Wildman–Crippen LogP) is 2.64. The maximum absolute atomic E-state index is 12.1. The van der Waals surface area contributed by atoms with E-state index in [0.717, 1.165) is 5.56 Å². The molecule has 0 saturated heterocycles. The Hall–Kier alpha value is -3.15. The zero-order valence-electron chi connectivity index (χ0n) is 12.8. The van der Waals surface area contributed by atoms with E-state index in [9.17, 15) is 19.5 Å². The third-order valence-corrected chi connectivity index (χ3v) is 3.29. The zero-order valence-corrected chi connectivity index (χ0v) is 12.8. The molecule has 0 saturated carbocycles. The van der Waals surface area contributed by atoms with Crippen LogP contribution in [0.2, 0.25) is 0 Å². The van der Waals surface area contributed by atoms with Crippen LogP contribution in [-0.2, 0) is 16.1 Å². The minimum absolute atomic E-state index is 0.0195. The van der Waals surface area contributed by atoms with Gasteiger partial charge in [0.2, 0.25) is 0 Å². The molecule has 0 aliphatic carbocycles. The van der Waals surface area contributed by atoms with Crippen molar-refractivity contribution in [3.8, 4) is 0 Å². The van der Waals surface area contributed by atoms with E-state index in [0.29, 0.717) is 5.56 Å². The molecule has 1 amide bonds. The first-order chi connectivity index (χ1) is 11.6. The summed E-state index contributed by atoms with van der Waals surface area (Å²) in [5.41, 5.74) is 1.17. The molecule has 0 aliphatic rings. The molecule has 0 aliphatic heterocycles. The first-order valence-electron chi connectivity index (χ1n) is 7.34. The summed E-state index contributed by atoms with van der Waals surface area (Å²) >= 11 is 0. The summed E-state index contributed by atoms with van der Waals surface area (Å²) in [7, 11) is 0. The molecule has 1 atom stereocenters. The second kappa shape index (κ2) is 8.47. The van der Waals surface area contributed by atoms with E-state index in [1.165, 1.54) is 0 Å². The molecule has 2 N–H and O–H groups in total. The van der Waals surface area contributed by atoms with E-state index in [1.807, 2.05) is 6.07 Å². The fraction of sp³-hybridized carbons (Fsp3) is 0.167.